The molecule has 0 radical (unpaired) electrons. The van der Waals surface area contributed by atoms with E-state index in [1.54, 1.807) is 19.5 Å². The Bertz CT molecular complexity index is 504. The molecule has 3 rings (SSSR count). The van der Waals surface area contributed by atoms with Gasteiger partial charge < -0.3 is 15.0 Å². The largest absolute Gasteiger partial charge is 0.385 e. The molecule has 1 aromatic rings. The van der Waals surface area contributed by atoms with E-state index < -0.39 is 0 Å². The van der Waals surface area contributed by atoms with Crippen molar-refractivity contribution in [2.75, 3.05) is 38.3 Å². The van der Waals surface area contributed by atoms with E-state index in [1.165, 1.54) is 6.42 Å². The first kappa shape index (κ1) is 15.2. The first-order valence-corrected chi connectivity index (χ1v) is 8.04. The highest BCUT2D eigenvalue weighted by Crippen LogP contribution is 2.52. The maximum Gasteiger partial charge on any atom is 0.225 e. The molecule has 2 heterocycles. The quantitative estimate of drug-likeness (QED) is 0.801. The molecule has 1 unspecified atom stereocenters. The van der Waals surface area contributed by atoms with Crippen LogP contribution in [-0.2, 0) is 9.53 Å². The summed E-state index contributed by atoms with van der Waals surface area (Å²) in [7, 11) is 1.68. The van der Waals surface area contributed by atoms with E-state index in [1.807, 2.05) is 6.07 Å². The molecule has 0 bridgehead atoms. The zero-order valence-electron chi connectivity index (χ0n) is 13.1. The summed E-state index contributed by atoms with van der Waals surface area (Å²) in [5.74, 6) is 0.963. The fraction of sp³-hybridized carbons (Fsp3) is 0.688. The number of rotatable bonds is 6. The van der Waals surface area contributed by atoms with Crippen LogP contribution in [0.1, 0.15) is 25.7 Å². The Morgan fingerprint density at radius 3 is 2.86 bits per heavy atom. The van der Waals surface area contributed by atoms with Gasteiger partial charge >= 0.3 is 0 Å². The molecule has 1 aliphatic heterocycles. The number of carbonyl (C=O) groups excluding carboxylic acids is 1. The van der Waals surface area contributed by atoms with Gasteiger partial charge in [-0.3, -0.25) is 4.79 Å². The van der Waals surface area contributed by atoms with Gasteiger partial charge in [0.1, 0.15) is 0 Å². The molecule has 1 saturated heterocycles. The molecule has 22 heavy (non-hydrogen) atoms. The van der Waals surface area contributed by atoms with Gasteiger partial charge in [-0.25, -0.2) is 9.97 Å². The highest BCUT2D eigenvalue weighted by molar-refractivity contribution is 5.81. The minimum atomic E-state index is 0.0487. The minimum absolute atomic E-state index is 0.0487. The molecular formula is C16H24N4O2. The van der Waals surface area contributed by atoms with Gasteiger partial charge in [-0.15, -0.1) is 0 Å². The lowest BCUT2D eigenvalue weighted by Gasteiger charge is -2.41. The molecule has 1 aliphatic carbocycles. The highest BCUT2D eigenvalue weighted by Gasteiger charge is 2.53. The van der Waals surface area contributed by atoms with Gasteiger partial charge in [0.05, 0.1) is 5.92 Å². The number of amides is 1. The number of carbonyl (C=O) groups is 1. The number of nitrogens with zero attached hydrogens (tertiary/aromatic N) is 3. The van der Waals surface area contributed by atoms with E-state index in [-0.39, 0.29) is 17.2 Å². The predicted molar refractivity (Wildman–Crippen MR) is 83.5 cm³/mol. The second-order valence-electron chi connectivity index (χ2n) is 6.34. The van der Waals surface area contributed by atoms with Crippen LogP contribution in [0, 0.1) is 11.3 Å². The second-order valence-corrected chi connectivity index (χ2v) is 6.34. The van der Waals surface area contributed by atoms with Gasteiger partial charge in [0.2, 0.25) is 11.9 Å². The Kier molecular flexibility index (Phi) is 4.57. The maximum absolute atomic E-state index is 12.6. The van der Waals surface area contributed by atoms with Crippen LogP contribution in [-0.4, -0.2) is 49.2 Å². The fourth-order valence-electron chi connectivity index (χ4n) is 3.63. The van der Waals surface area contributed by atoms with E-state index >= 15 is 0 Å². The third-order valence-corrected chi connectivity index (χ3v) is 4.97. The lowest BCUT2D eigenvalue weighted by atomic mass is 9.62. The van der Waals surface area contributed by atoms with Crippen LogP contribution in [0.4, 0.5) is 5.95 Å². The van der Waals surface area contributed by atoms with Crippen molar-refractivity contribution in [1.82, 2.24) is 15.3 Å². The molecule has 2 fully saturated rings. The highest BCUT2D eigenvalue weighted by atomic mass is 16.5. The van der Waals surface area contributed by atoms with Crippen LogP contribution in [0.5, 0.6) is 0 Å². The number of hydrogen-bond donors (Lipinski definition) is 1. The Hall–Kier alpha value is -1.69. The first-order chi connectivity index (χ1) is 10.7. The van der Waals surface area contributed by atoms with Gasteiger partial charge in [-0.1, -0.05) is 6.42 Å². The summed E-state index contributed by atoms with van der Waals surface area (Å²) in [4.78, 5) is 23.4. The van der Waals surface area contributed by atoms with Gasteiger partial charge in [0.25, 0.3) is 0 Å². The molecule has 1 spiro atoms. The number of aromatic nitrogens is 2. The Morgan fingerprint density at radius 2 is 2.23 bits per heavy atom. The van der Waals surface area contributed by atoms with Crippen molar-refractivity contribution in [2.45, 2.75) is 25.7 Å². The van der Waals surface area contributed by atoms with Crippen LogP contribution >= 0.6 is 0 Å². The molecular weight excluding hydrogens is 280 g/mol. The third kappa shape index (κ3) is 2.92. The number of hydrogen-bond acceptors (Lipinski definition) is 5. The summed E-state index contributed by atoms with van der Waals surface area (Å²) in [5, 5.41) is 3.07. The zero-order chi connectivity index (χ0) is 15.4. The monoisotopic (exact) mass is 304 g/mol. The van der Waals surface area contributed by atoms with Gasteiger partial charge in [-0.05, 0) is 25.3 Å². The van der Waals surface area contributed by atoms with E-state index in [0.717, 1.165) is 38.3 Å². The van der Waals surface area contributed by atoms with Gasteiger partial charge in [0, 0.05) is 51.2 Å². The topological polar surface area (TPSA) is 67.3 Å². The summed E-state index contributed by atoms with van der Waals surface area (Å²) in [5.41, 5.74) is 0.130. The number of nitrogens with one attached hydrogen (secondary N) is 1. The molecule has 2 aliphatic rings. The van der Waals surface area contributed by atoms with Crippen LogP contribution in [0.25, 0.3) is 0 Å². The molecule has 1 atom stereocenters. The fourth-order valence-corrected chi connectivity index (χ4v) is 3.63. The standard InChI is InChI=1S/C16H24N4O2/c1-22-10-4-9-17-14(21)13-11-20(12-16(13)5-2-6-16)15-18-7-3-8-19-15/h3,7-8,13H,2,4-6,9-12H2,1H3,(H,17,21). The van der Waals surface area contributed by atoms with Crippen molar-refractivity contribution < 1.29 is 9.53 Å². The smallest absolute Gasteiger partial charge is 0.225 e. The summed E-state index contributed by atoms with van der Waals surface area (Å²) in [6.45, 7) is 2.98. The van der Waals surface area contributed by atoms with Crippen molar-refractivity contribution in [2.24, 2.45) is 11.3 Å². The summed E-state index contributed by atoms with van der Waals surface area (Å²) < 4.78 is 5.02. The lowest BCUT2D eigenvalue weighted by molar-refractivity contribution is -0.129. The predicted octanol–water partition coefficient (Wildman–Crippen LogP) is 1.24. The molecule has 6 nitrogen and oxygen atoms in total. The van der Waals surface area contributed by atoms with Gasteiger partial charge in [-0.2, -0.15) is 0 Å². The zero-order valence-corrected chi connectivity index (χ0v) is 13.1. The molecule has 0 aromatic carbocycles. The summed E-state index contributed by atoms with van der Waals surface area (Å²) in [6.07, 6.45) is 7.85. The average Bonchev–Trinajstić information content (AvgIpc) is 2.93. The normalized spacial score (nSPS) is 22.6. The minimum Gasteiger partial charge on any atom is -0.385 e. The van der Waals surface area contributed by atoms with Crippen LogP contribution in [0.2, 0.25) is 0 Å². The number of ether oxygens (including phenoxy) is 1. The van der Waals surface area contributed by atoms with Crippen molar-refractivity contribution in [3.63, 3.8) is 0 Å². The summed E-state index contributed by atoms with van der Waals surface area (Å²) >= 11 is 0. The van der Waals surface area contributed by atoms with Crippen molar-refractivity contribution in [1.29, 1.82) is 0 Å². The molecule has 1 aromatic heterocycles. The molecule has 120 valence electrons. The van der Waals surface area contributed by atoms with E-state index in [2.05, 4.69) is 20.2 Å². The molecule has 1 amide bonds. The molecule has 1 saturated carbocycles. The van der Waals surface area contributed by atoms with Crippen LogP contribution < -0.4 is 10.2 Å². The molecule has 1 N–H and O–H groups in total. The van der Waals surface area contributed by atoms with Crippen LogP contribution in [0.3, 0.4) is 0 Å². The first-order valence-electron chi connectivity index (χ1n) is 8.04. The van der Waals surface area contributed by atoms with E-state index in [0.29, 0.717) is 13.2 Å². The van der Waals surface area contributed by atoms with E-state index in [9.17, 15) is 4.79 Å². The summed E-state index contributed by atoms with van der Waals surface area (Å²) in [6, 6.07) is 1.82. The third-order valence-electron chi connectivity index (χ3n) is 4.97. The lowest BCUT2D eigenvalue weighted by Crippen LogP contribution is -2.45. The Balaban J connectivity index is 1.64. The Morgan fingerprint density at radius 1 is 1.45 bits per heavy atom. The van der Waals surface area contributed by atoms with Crippen molar-refractivity contribution in [3.8, 4) is 0 Å². The SMILES string of the molecule is COCCCNC(=O)C1CN(c2ncccn2)CC12CCC2. The number of methoxy groups -OCH3 is 1. The molecule has 6 heteroatoms. The second kappa shape index (κ2) is 6.60. The van der Waals surface area contributed by atoms with E-state index in [4.69, 9.17) is 4.74 Å². The van der Waals surface area contributed by atoms with Crippen molar-refractivity contribution in [3.05, 3.63) is 18.5 Å². The van der Waals surface area contributed by atoms with Crippen LogP contribution in [0.15, 0.2) is 18.5 Å². The van der Waals surface area contributed by atoms with Gasteiger partial charge in [0.15, 0.2) is 0 Å². The Labute approximate surface area is 131 Å². The van der Waals surface area contributed by atoms with Crippen molar-refractivity contribution >= 4 is 11.9 Å². The maximum atomic E-state index is 12.6. The average molecular weight is 304 g/mol. The number of anilines is 1.